The SMILES string of the molecule is COC(=O)C(COCc1ccccc1)C1=CC2C[C@@H](OC3CCCCO3)[C@H](COC3CCCCO3)C2C1. The van der Waals surface area contributed by atoms with Crippen molar-refractivity contribution in [1.82, 2.24) is 0 Å². The summed E-state index contributed by atoms with van der Waals surface area (Å²) >= 11 is 0. The zero-order valence-electron chi connectivity index (χ0n) is 22.1. The fourth-order valence-corrected chi connectivity index (χ4v) is 6.38. The van der Waals surface area contributed by atoms with Crippen molar-refractivity contribution >= 4 is 5.97 Å². The van der Waals surface area contributed by atoms with Gasteiger partial charge in [-0.1, -0.05) is 42.0 Å². The highest BCUT2D eigenvalue weighted by molar-refractivity contribution is 5.76. The van der Waals surface area contributed by atoms with E-state index in [0.717, 1.165) is 75.7 Å². The Balaban J connectivity index is 1.24. The molecule has 4 aliphatic rings. The lowest BCUT2D eigenvalue weighted by Crippen LogP contribution is -2.35. The van der Waals surface area contributed by atoms with Crippen molar-refractivity contribution in [3.63, 3.8) is 0 Å². The molecule has 1 aromatic carbocycles. The van der Waals surface area contributed by atoms with Gasteiger partial charge in [0.2, 0.25) is 0 Å². The molecule has 1 saturated carbocycles. The first-order valence-electron chi connectivity index (χ1n) is 14.1. The van der Waals surface area contributed by atoms with Crippen LogP contribution in [0.3, 0.4) is 0 Å². The third-order valence-electron chi connectivity index (χ3n) is 8.39. The maximum Gasteiger partial charge on any atom is 0.315 e. The van der Waals surface area contributed by atoms with Gasteiger partial charge in [-0.05, 0) is 68.8 Å². The van der Waals surface area contributed by atoms with Crippen molar-refractivity contribution in [3.05, 3.63) is 47.5 Å². The molecule has 3 fully saturated rings. The van der Waals surface area contributed by atoms with Crippen LogP contribution in [0.2, 0.25) is 0 Å². The molecule has 204 valence electrons. The van der Waals surface area contributed by atoms with E-state index in [9.17, 15) is 4.79 Å². The van der Waals surface area contributed by atoms with Gasteiger partial charge in [-0.2, -0.15) is 0 Å². The summed E-state index contributed by atoms with van der Waals surface area (Å²) in [5.41, 5.74) is 2.22. The number of carbonyl (C=O) groups is 1. The number of carbonyl (C=O) groups excluding carboxylic acids is 1. The molecule has 5 rings (SSSR count). The normalized spacial score (nSPS) is 32.5. The van der Waals surface area contributed by atoms with Crippen molar-refractivity contribution in [2.75, 3.05) is 33.5 Å². The van der Waals surface area contributed by atoms with Gasteiger partial charge in [0.25, 0.3) is 0 Å². The van der Waals surface area contributed by atoms with Gasteiger partial charge < -0.3 is 28.4 Å². The van der Waals surface area contributed by atoms with E-state index in [1.165, 1.54) is 7.11 Å². The molecule has 0 aromatic heterocycles. The number of fused-ring (bicyclic) bond motifs is 1. The molecular formula is C30H42O7. The van der Waals surface area contributed by atoms with Gasteiger partial charge >= 0.3 is 5.97 Å². The van der Waals surface area contributed by atoms with Crippen molar-refractivity contribution in [2.45, 2.75) is 76.7 Å². The van der Waals surface area contributed by atoms with Crippen molar-refractivity contribution < 1.29 is 33.2 Å². The van der Waals surface area contributed by atoms with Gasteiger partial charge in [-0.15, -0.1) is 0 Å². The Hall–Kier alpha value is -1.77. The van der Waals surface area contributed by atoms with E-state index in [1.807, 2.05) is 30.3 Å². The van der Waals surface area contributed by atoms with Crippen LogP contribution in [0, 0.1) is 23.7 Å². The first kappa shape index (κ1) is 26.8. The van der Waals surface area contributed by atoms with Gasteiger partial charge in [-0.25, -0.2) is 0 Å². The molecule has 0 radical (unpaired) electrons. The average Bonchev–Trinajstić information content (AvgIpc) is 3.49. The summed E-state index contributed by atoms with van der Waals surface area (Å²) in [6.45, 7) is 2.95. The minimum atomic E-state index is -0.386. The number of hydrogen-bond acceptors (Lipinski definition) is 7. The molecule has 2 heterocycles. The second-order valence-electron chi connectivity index (χ2n) is 10.8. The number of esters is 1. The smallest absolute Gasteiger partial charge is 0.315 e. The predicted molar refractivity (Wildman–Crippen MR) is 137 cm³/mol. The molecule has 2 aliphatic heterocycles. The zero-order chi connectivity index (χ0) is 25.5. The van der Waals surface area contributed by atoms with Crippen LogP contribution in [-0.2, 0) is 39.8 Å². The average molecular weight is 515 g/mol. The molecule has 0 amide bonds. The van der Waals surface area contributed by atoms with Gasteiger partial charge in [0.05, 0.1) is 33.0 Å². The second kappa shape index (κ2) is 13.3. The molecule has 7 atom stereocenters. The topological polar surface area (TPSA) is 72.5 Å². The highest BCUT2D eigenvalue weighted by Gasteiger charge is 2.48. The lowest BCUT2D eigenvalue weighted by Gasteiger charge is -2.32. The molecule has 2 saturated heterocycles. The summed E-state index contributed by atoms with van der Waals surface area (Å²) in [5.74, 6) is 0.340. The fraction of sp³-hybridized carbons (Fsp3) is 0.700. The molecule has 0 N–H and O–H groups in total. The number of methoxy groups -OCH3 is 1. The first-order valence-corrected chi connectivity index (χ1v) is 14.1. The molecular weight excluding hydrogens is 472 g/mol. The monoisotopic (exact) mass is 514 g/mol. The maximum atomic E-state index is 12.8. The molecule has 7 nitrogen and oxygen atoms in total. The summed E-state index contributed by atoms with van der Waals surface area (Å²) in [5, 5.41) is 0. The minimum absolute atomic E-state index is 0.0883. The number of rotatable bonds is 11. The summed E-state index contributed by atoms with van der Waals surface area (Å²) in [7, 11) is 1.46. The van der Waals surface area contributed by atoms with Gasteiger partial charge in [-0.3, -0.25) is 4.79 Å². The van der Waals surface area contributed by atoms with Gasteiger partial charge in [0.15, 0.2) is 12.6 Å². The third-order valence-corrected chi connectivity index (χ3v) is 8.39. The van der Waals surface area contributed by atoms with Crippen molar-refractivity contribution in [1.29, 1.82) is 0 Å². The van der Waals surface area contributed by atoms with E-state index in [-0.39, 0.29) is 36.5 Å². The van der Waals surface area contributed by atoms with Crippen molar-refractivity contribution in [2.24, 2.45) is 23.7 Å². The summed E-state index contributed by atoms with van der Waals surface area (Å²) in [6.07, 6.45) is 10.3. The summed E-state index contributed by atoms with van der Waals surface area (Å²) in [4.78, 5) is 12.8. The molecule has 1 aromatic rings. The lowest BCUT2D eigenvalue weighted by atomic mass is 9.88. The van der Waals surface area contributed by atoms with Crippen LogP contribution >= 0.6 is 0 Å². The Labute approximate surface area is 220 Å². The van der Waals surface area contributed by atoms with E-state index < -0.39 is 0 Å². The molecule has 0 bridgehead atoms. The maximum absolute atomic E-state index is 12.8. The number of allylic oxidation sites excluding steroid dienone is 1. The molecule has 7 heteroatoms. The number of hydrogen-bond donors (Lipinski definition) is 0. The van der Waals surface area contributed by atoms with Crippen LogP contribution in [0.1, 0.15) is 56.9 Å². The van der Waals surface area contributed by atoms with Crippen LogP contribution in [0.25, 0.3) is 0 Å². The summed E-state index contributed by atoms with van der Waals surface area (Å²) in [6, 6.07) is 10.0. The number of ether oxygens (including phenoxy) is 6. The second-order valence-corrected chi connectivity index (χ2v) is 10.8. The standard InChI is InChI=1S/C30H42O7/c1-32-30(31)25(19-33-18-21-9-3-2-4-10-21)22-15-23-17-27(37-29-12-6-8-14-35-29)26(24(23)16-22)20-36-28-11-5-7-13-34-28/h2-4,9-10,15,23-29H,5-8,11-14,16-20H2,1H3/t23?,24?,25?,26-,27-,28?,29?/m1/s1. The van der Waals surface area contributed by atoms with Crippen LogP contribution in [0.15, 0.2) is 42.0 Å². The Kier molecular flexibility index (Phi) is 9.67. The number of benzene rings is 1. The minimum Gasteiger partial charge on any atom is -0.468 e. The third kappa shape index (κ3) is 7.01. The zero-order valence-corrected chi connectivity index (χ0v) is 22.1. The van der Waals surface area contributed by atoms with Gasteiger partial charge in [0, 0.05) is 19.1 Å². The van der Waals surface area contributed by atoms with Crippen LogP contribution in [0.5, 0.6) is 0 Å². The van der Waals surface area contributed by atoms with Gasteiger partial charge in [0.1, 0.15) is 5.92 Å². The predicted octanol–water partition coefficient (Wildman–Crippen LogP) is 5.03. The quantitative estimate of drug-likeness (QED) is 0.303. The Morgan fingerprint density at radius 1 is 1.03 bits per heavy atom. The Morgan fingerprint density at radius 2 is 1.78 bits per heavy atom. The molecule has 2 aliphatic carbocycles. The van der Waals surface area contributed by atoms with Crippen LogP contribution in [0.4, 0.5) is 0 Å². The Morgan fingerprint density at radius 3 is 2.49 bits per heavy atom. The highest BCUT2D eigenvalue weighted by atomic mass is 16.7. The molecule has 0 spiro atoms. The van der Waals surface area contributed by atoms with Crippen LogP contribution in [-0.4, -0.2) is 58.2 Å². The molecule has 5 unspecified atom stereocenters. The van der Waals surface area contributed by atoms with E-state index in [0.29, 0.717) is 31.7 Å². The highest BCUT2D eigenvalue weighted by Crippen LogP contribution is 2.50. The van der Waals surface area contributed by atoms with E-state index >= 15 is 0 Å². The summed E-state index contributed by atoms with van der Waals surface area (Å²) < 4.78 is 35.7. The van der Waals surface area contributed by atoms with Crippen molar-refractivity contribution in [3.8, 4) is 0 Å². The van der Waals surface area contributed by atoms with E-state index in [2.05, 4.69) is 6.08 Å². The van der Waals surface area contributed by atoms with E-state index in [1.54, 1.807) is 0 Å². The van der Waals surface area contributed by atoms with E-state index in [4.69, 9.17) is 28.4 Å². The lowest BCUT2D eigenvalue weighted by molar-refractivity contribution is -0.211. The first-order chi connectivity index (χ1) is 18.2. The van der Waals surface area contributed by atoms with Crippen LogP contribution < -0.4 is 0 Å². The fourth-order valence-electron chi connectivity index (χ4n) is 6.38. The Bertz CT molecular complexity index is 875. The molecule has 37 heavy (non-hydrogen) atoms. The largest absolute Gasteiger partial charge is 0.468 e.